The summed E-state index contributed by atoms with van der Waals surface area (Å²) in [4.78, 5) is 38.5. The summed E-state index contributed by atoms with van der Waals surface area (Å²) in [6, 6.07) is 0. The summed E-state index contributed by atoms with van der Waals surface area (Å²) in [6.45, 7) is 8.19. The summed E-state index contributed by atoms with van der Waals surface area (Å²) in [5.74, 6) is -1.10. The number of ketones is 2. The Bertz CT molecular complexity index is 737. The Morgan fingerprint density at radius 2 is 1.83 bits per heavy atom. The first-order valence-corrected chi connectivity index (χ1v) is 8.96. The van der Waals surface area contributed by atoms with Crippen molar-refractivity contribution in [2.45, 2.75) is 59.5 Å². The van der Waals surface area contributed by atoms with E-state index in [1.165, 1.54) is 0 Å². The summed E-state index contributed by atoms with van der Waals surface area (Å²) in [5.41, 5.74) is 0.890. The number of allylic oxidation sites excluding steroid dienone is 1. The molecule has 3 aliphatic carbocycles. The lowest BCUT2D eigenvalue weighted by Gasteiger charge is -2.59. The van der Waals surface area contributed by atoms with E-state index in [1.54, 1.807) is 0 Å². The van der Waals surface area contributed by atoms with Gasteiger partial charge < -0.3 is 4.74 Å². The van der Waals surface area contributed by atoms with Gasteiger partial charge in [-0.25, -0.2) is 0 Å². The zero-order valence-corrected chi connectivity index (χ0v) is 14.8. The number of hydrogen-bond donors (Lipinski definition) is 0. The molecule has 5 aliphatic rings. The predicted octanol–water partition coefficient (Wildman–Crippen LogP) is 3.16. The number of hydrogen-bond acceptors (Lipinski definition) is 4. The minimum absolute atomic E-state index is 0.0113. The molecular weight excluding hydrogens is 304 g/mol. The van der Waals surface area contributed by atoms with Crippen LogP contribution in [0.5, 0.6) is 0 Å². The predicted molar refractivity (Wildman–Crippen MR) is 88.0 cm³/mol. The van der Waals surface area contributed by atoms with E-state index in [-0.39, 0.29) is 29.3 Å². The maximum absolute atomic E-state index is 13.0. The second kappa shape index (κ2) is 4.68. The fraction of sp³-hybridized carbons (Fsp3) is 0.650. The normalized spacial score (nSPS) is 37.2. The molecule has 0 aromatic rings. The molecule has 4 nitrogen and oxygen atoms in total. The number of carbonyl (C=O) groups excluding carboxylic acids is 3. The van der Waals surface area contributed by atoms with Gasteiger partial charge in [0.15, 0.2) is 0 Å². The highest BCUT2D eigenvalue weighted by molar-refractivity contribution is 6.51. The lowest BCUT2D eigenvalue weighted by Crippen LogP contribution is -2.62. The summed E-state index contributed by atoms with van der Waals surface area (Å²) in [6.07, 6.45) is 4.78. The maximum atomic E-state index is 13.0. The third kappa shape index (κ3) is 1.72. The average Bonchev–Trinajstić information content (AvgIpc) is 2.50. The third-order valence-electron chi connectivity index (χ3n) is 6.70. The van der Waals surface area contributed by atoms with Gasteiger partial charge in [0.05, 0.1) is 0 Å². The van der Waals surface area contributed by atoms with Gasteiger partial charge in [0.25, 0.3) is 0 Å². The van der Waals surface area contributed by atoms with E-state index >= 15 is 0 Å². The van der Waals surface area contributed by atoms with Crippen LogP contribution in [0.4, 0.5) is 0 Å². The van der Waals surface area contributed by atoms with Crippen LogP contribution in [0.25, 0.3) is 0 Å². The lowest BCUT2D eigenvalue weighted by molar-refractivity contribution is -0.188. The Balaban J connectivity index is 1.97. The second-order valence-electron chi connectivity index (χ2n) is 8.74. The van der Waals surface area contributed by atoms with E-state index in [0.717, 1.165) is 24.8 Å². The molecule has 0 N–H and O–H groups in total. The molecule has 0 radical (unpaired) electrons. The van der Waals surface area contributed by atoms with Crippen LogP contribution in [-0.4, -0.2) is 23.6 Å². The van der Waals surface area contributed by atoms with E-state index in [0.29, 0.717) is 17.6 Å². The van der Waals surface area contributed by atoms with Gasteiger partial charge in [-0.1, -0.05) is 34.1 Å². The zero-order valence-electron chi connectivity index (χ0n) is 14.8. The summed E-state index contributed by atoms with van der Waals surface area (Å²) in [7, 11) is 0. The van der Waals surface area contributed by atoms with Crippen LogP contribution in [-0.2, 0) is 19.1 Å². The minimum Gasteiger partial charge on any atom is -0.457 e. The highest BCUT2D eigenvalue weighted by Crippen LogP contribution is 2.64. The van der Waals surface area contributed by atoms with Crippen LogP contribution >= 0.6 is 0 Å². The van der Waals surface area contributed by atoms with Crippen molar-refractivity contribution < 1.29 is 19.1 Å². The van der Waals surface area contributed by atoms with Crippen LogP contribution in [0.15, 0.2) is 22.8 Å². The Morgan fingerprint density at radius 3 is 2.50 bits per heavy atom. The molecular formula is C20H24O4. The number of fused-ring (bicyclic) bond motifs is 1. The first-order valence-electron chi connectivity index (χ1n) is 8.96. The Morgan fingerprint density at radius 1 is 1.12 bits per heavy atom. The number of rotatable bonds is 1. The number of esters is 1. The molecule has 3 atom stereocenters. The van der Waals surface area contributed by atoms with Crippen LogP contribution in [0, 0.1) is 22.7 Å². The molecule has 0 unspecified atom stereocenters. The van der Waals surface area contributed by atoms with Crippen molar-refractivity contribution >= 4 is 17.5 Å². The van der Waals surface area contributed by atoms with Gasteiger partial charge in [-0.05, 0) is 42.6 Å². The molecule has 1 spiro atoms. The van der Waals surface area contributed by atoms with Gasteiger partial charge in [0, 0.05) is 16.7 Å². The van der Waals surface area contributed by atoms with Crippen LogP contribution in [0.1, 0.15) is 53.4 Å². The molecule has 24 heavy (non-hydrogen) atoms. The minimum atomic E-state index is -0.905. The third-order valence-corrected chi connectivity index (χ3v) is 6.70. The van der Waals surface area contributed by atoms with Crippen molar-refractivity contribution in [3.63, 3.8) is 0 Å². The van der Waals surface area contributed by atoms with E-state index in [2.05, 4.69) is 13.8 Å². The van der Waals surface area contributed by atoms with Crippen LogP contribution in [0.3, 0.4) is 0 Å². The van der Waals surface area contributed by atoms with E-state index < -0.39 is 17.0 Å². The fourth-order valence-corrected chi connectivity index (χ4v) is 5.52. The van der Waals surface area contributed by atoms with Gasteiger partial charge in [0.2, 0.25) is 11.6 Å². The van der Waals surface area contributed by atoms with E-state index in [4.69, 9.17) is 4.74 Å². The first-order chi connectivity index (χ1) is 11.2. The fourth-order valence-electron chi connectivity index (χ4n) is 5.52. The van der Waals surface area contributed by atoms with Gasteiger partial charge in [0.1, 0.15) is 11.5 Å². The second-order valence-corrected chi connectivity index (χ2v) is 8.74. The largest absolute Gasteiger partial charge is 0.457 e. The van der Waals surface area contributed by atoms with Crippen molar-refractivity contribution in [3.8, 4) is 0 Å². The van der Waals surface area contributed by atoms with Crippen molar-refractivity contribution in [2.75, 3.05) is 0 Å². The summed E-state index contributed by atoms with van der Waals surface area (Å²) < 4.78 is 5.72. The monoisotopic (exact) mass is 328 g/mol. The average molecular weight is 328 g/mol. The SMILES string of the molecule is CC(C)C1=CC2=C(C(=O)C1=O)[C@@]13CCCC(C)(C)[C@@H]1C[C@@H]2OC3=O. The van der Waals surface area contributed by atoms with E-state index in [1.807, 2.05) is 19.9 Å². The molecule has 128 valence electrons. The van der Waals surface area contributed by atoms with Gasteiger partial charge in [-0.2, -0.15) is 0 Å². The van der Waals surface area contributed by atoms with Crippen molar-refractivity contribution in [1.82, 2.24) is 0 Å². The van der Waals surface area contributed by atoms with Crippen molar-refractivity contribution in [3.05, 3.63) is 22.8 Å². The molecule has 1 saturated carbocycles. The highest BCUT2D eigenvalue weighted by atomic mass is 16.5. The smallest absolute Gasteiger partial charge is 0.317 e. The maximum Gasteiger partial charge on any atom is 0.317 e. The number of Topliss-reactive ketones (excluding diaryl/α,β-unsaturated/α-hetero) is 2. The van der Waals surface area contributed by atoms with Crippen molar-refractivity contribution in [1.29, 1.82) is 0 Å². The summed E-state index contributed by atoms with van der Waals surface area (Å²) >= 11 is 0. The molecule has 2 heterocycles. The molecule has 2 fully saturated rings. The number of carbonyl (C=O) groups is 3. The van der Waals surface area contributed by atoms with Gasteiger partial charge >= 0.3 is 5.97 Å². The molecule has 4 heteroatoms. The molecule has 2 aliphatic heterocycles. The Labute approximate surface area is 142 Å². The van der Waals surface area contributed by atoms with Crippen LogP contribution in [0.2, 0.25) is 0 Å². The van der Waals surface area contributed by atoms with Crippen LogP contribution < -0.4 is 0 Å². The van der Waals surface area contributed by atoms with Gasteiger partial charge in [-0.15, -0.1) is 0 Å². The van der Waals surface area contributed by atoms with Crippen molar-refractivity contribution in [2.24, 2.45) is 22.7 Å². The zero-order chi connectivity index (χ0) is 17.4. The molecule has 0 amide bonds. The molecule has 0 aromatic heterocycles. The summed E-state index contributed by atoms with van der Waals surface area (Å²) in [5, 5.41) is 0. The Kier molecular flexibility index (Phi) is 3.08. The molecule has 1 saturated heterocycles. The highest BCUT2D eigenvalue weighted by Gasteiger charge is 2.66. The molecule has 2 bridgehead atoms. The topological polar surface area (TPSA) is 60.4 Å². The lowest BCUT2D eigenvalue weighted by atomic mass is 9.46. The van der Waals surface area contributed by atoms with Gasteiger partial charge in [-0.3, -0.25) is 14.4 Å². The quantitative estimate of drug-likeness (QED) is 0.421. The Hall–Kier alpha value is -1.71. The molecule has 0 aromatic carbocycles. The van der Waals surface area contributed by atoms with E-state index in [9.17, 15) is 14.4 Å². The molecule has 5 rings (SSSR count). The standard InChI is InChI=1S/C20H24O4/c1-10(2)11-8-12-13-9-14-19(3,4)6-5-7-20(14,18(23)24-13)15(12)17(22)16(11)21/h8,10,13-14H,5-7,9H2,1-4H3/t13-,14-,20+/m0/s1. The number of ether oxygens (including phenoxy) is 1. The first kappa shape index (κ1) is 15.8.